The number of hydrogen-bond acceptors (Lipinski definition) is 6. The summed E-state index contributed by atoms with van der Waals surface area (Å²) < 4.78 is 82.6. The van der Waals surface area contributed by atoms with Crippen LogP contribution in [0.3, 0.4) is 0 Å². The molecule has 5 rings (SSSR count). The maximum absolute atomic E-state index is 14.0. The van der Waals surface area contributed by atoms with Gasteiger partial charge >= 0.3 is 6.18 Å². The van der Waals surface area contributed by atoms with E-state index in [9.17, 15) is 45.9 Å². The summed E-state index contributed by atoms with van der Waals surface area (Å²) >= 11 is 0. The van der Waals surface area contributed by atoms with Crippen LogP contribution in [0.15, 0.2) is 95.9 Å². The van der Waals surface area contributed by atoms with E-state index < -0.39 is 50.6 Å². The molecule has 1 aliphatic heterocycles. The van der Waals surface area contributed by atoms with Crippen molar-refractivity contribution in [2.75, 3.05) is 25.5 Å². The highest BCUT2D eigenvalue weighted by Crippen LogP contribution is 2.37. The Morgan fingerprint density at radius 1 is 0.940 bits per heavy atom. The van der Waals surface area contributed by atoms with Gasteiger partial charge in [0.15, 0.2) is 0 Å². The first-order chi connectivity index (χ1) is 23.6. The van der Waals surface area contributed by atoms with Crippen molar-refractivity contribution >= 4 is 27.5 Å². The number of rotatable bonds is 9. The van der Waals surface area contributed by atoms with Gasteiger partial charge in [-0.2, -0.15) is 22.7 Å². The highest BCUT2D eigenvalue weighted by atomic mass is 32.2. The fourth-order valence-corrected chi connectivity index (χ4v) is 7.61. The summed E-state index contributed by atoms with van der Waals surface area (Å²) in [6.07, 6.45) is -5.20. The Morgan fingerprint density at radius 2 is 1.60 bits per heavy atom. The van der Waals surface area contributed by atoms with Crippen molar-refractivity contribution in [2.45, 2.75) is 35.9 Å². The number of carbonyl (C=O) groups is 2. The van der Waals surface area contributed by atoms with E-state index >= 15 is 0 Å². The van der Waals surface area contributed by atoms with Gasteiger partial charge in [0.05, 0.1) is 22.1 Å². The van der Waals surface area contributed by atoms with Crippen LogP contribution in [0.1, 0.15) is 39.9 Å². The normalized spacial score (nSPS) is 15.5. The average molecular weight is 709 g/mol. The first-order valence-corrected chi connectivity index (χ1v) is 16.9. The maximum atomic E-state index is 14.0. The summed E-state index contributed by atoms with van der Waals surface area (Å²) in [5.74, 6) is -2.90. The van der Waals surface area contributed by atoms with Gasteiger partial charge in [0, 0.05) is 37.8 Å². The third-order valence-corrected chi connectivity index (χ3v) is 10.6. The topological polar surface area (TPSA) is 140 Å². The number of anilines is 1. The smallest absolute Gasteiger partial charge is 0.379 e. The first kappa shape index (κ1) is 36.2. The molecule has 1 unspecified atom stereocenters. The molecule has 9 nitrogen and oxygen atoms in total. The van der Waals surface area contributed by atoms with Crippen molar-refractivity contribution in [3.8, 4) is 17.2 Å². The molecule has 1 fully saturated rings. The Balaban J connectivity index is 1.47. The van der Waals surface area contributed by atoms with Gasteiger partial charge < -0.3 is 15.7 Å². The molecular weight excluding hydrogens is 676 g/mol. The number of nitrogens with one attached hydrogen (secondary N) is 2. The van der Waals surface area contributed by atoms with Crippen molar-refractivity contribution in [1.29, 1.82) is 5.26 Å². The lowest BCUT2D eigenvalue weighted by Gasteiger charge is -2.40. The molecule has 1 atom stereocenters. The van der Waals surface area contributed by atoms with Crippen LogP contribution in [0, 0.1) is 23.1 Å². The number of carbonyl (C=O) groups excluding carboxylic acids is 2. The van der Waals surface area contributed by atoms with E-state index in [0.29, 0.717) is 28.3 Å². The van der Waals surface area contributed by atoms with Crippen LogP contribution in [0.2, 0.25) is 0 Å². The number of benzene rings is 4. The molecule has 2 amide bonds. The third-order valence-electron chi connectivity index (χ3n) is 8.75. The standard InChI is InChI=1S/C36H32F4N4O5S/c1-42-33(45)26-8-3-7-25(18-26)24-6-2-5-23(17-24)21-35(47,34(46)43-30-12-11-27(22-41)32(20-30)36(38,39)40)28-13-15-44(16-14-28)50(48,49)31-10-4-9-29(37)19-31/h2-12,17-20,28,47H,13-16,21H2,1H3,(H,42,45)(H,43,46). The highest BCUT2D eigenvalue weighted by Gasteiger charge is 2.46. The molecule has 0 bridgehead atoms. The molecule has 1 heterocycles. The second kappa shape index (κ2) is 14.4. The number of aliphatic hydroxyl groups is 1. The Morgan fingerprint density at radius 3 is 2.24 bits per heavy atom. The molecule has 0 aliphatic carbocycles. The van der Waals surface area contributed by atoms with Gasteiger partial charge in [-0.05, 0) is 84.0 Å². The number of hydrogen-bond donors (Lipinski definition) is 3. The van der Waals surface area contributed by atoms with Gasteiger partial charge in [-0.3, -0.25) is 9.59 Å². The summed E-state index contributed by atoms with van der Waals surface area (Å²) in [5.41, 5.74) is -2.22. The molecule has 4 aromatic carbocycles. The maximum Gasteiger partial charge on any atom is 0.417 e. The van der Waals surface area contributed by atoms with Gasteiger partial charge in [0.2, 0.25) is 10.0 Å². The lowest BCUT2D eigenvalue weighted by Crippen LogP contribution is -2.54. The molecule has 1 saturated heterocycles. The van der Waals surface area contributed by atoms with Gasteiger partial charge in [0.1, 0.15) is 11.4 Å². The molecule has 50 heavy (non-hydrogen) atoms. The highest BCUT2D eigenvalue weighted by molar-refractivity contribution is 7.89. The zero-order valence-electron chi connectivity index (χ0n) is 26.7. The third kappa shape index (κ3) is 7.70. The van der Waals surface area contributed by atoms with Crippen LogP contribution < -0.4 is 10.6 Å². The molecule has 260 valence electrons. The molecule has 0 radical (unpaired) electrons. The second-order valence-corrected chi connectivity index (χ2v) is 13.9. The van der Waals surface area contributed by atoms with Crippen molar-refractivity contribution in [2.24, 2.45) is 5.92 Å². The molecule has 0 saturated carbocycles. The Bertz CT molecular complexity index is 2080. The van der Waals surface area contributed by atoms with E-state index in [4.69, 9.17) is 0 Å². The largest absolute Gasteiger partial charge is 0.417 e. The van der Waals surface area contributed by atoms with Crippen molar-refractivity contribution in [1.82, 2.24) is 9.62 Å². The number of piperidine rings is 1. The summed E-state index contributed by atoms with van der Waals surface area (Å²) in [6, 6.07) is 22.3. The summed E-state index contributed by atoms with van der Waals surface area (Å²) in [7, 11) is -2.60. The van der Waals surface area contributed by atoms with E-state index in [0.717, 1.165) is 28.6 Å². The van der Waals surface area contributed by atoms with Gasteiger partial charge in [-0.15, -0.1) is 0 Å². The monoisotopic (exact) mass is 708 g/mol. The van der Waals surface area contributed by atoms with Crippen molar-refractivity contribution < 1.29 is 40.7 Å². The summed E-state index contributed by atoms with van der Waals surface area (Å²) in [6.45, 7) is -0.249. The van der Waals surface area contributed by atoms with E-state index in [2.05, 4.69) is 10.6 Å². The minimum Gasteiger partial charge on any atom is -0.379 e. The minimum absolute atomic E-state index is 0.00645. The lowest BCUT2D eigenvalue weighted by atomic mass is 9.76. The van der Waals surface area contributed by atoms with Crippen LogP contribution >= 0.6 is 0 Å². The minimum atomic E-state index is -4.89. The number of amides is 2. The predicted molar refractivity (Wildman–Crippen MR) is 177 cm³/mol. The van der Waals surface area contributed by atoms with Crippen LogP contribution in [-0.4, -0.2) is 55.4 Å². The zero-order chi connectivity index (χ0) is 36.3. The first-order valence-electron chi connectivity index (χ1n) is 15.5. The lowest BCUT2D eigenvalue weighted by molar-refractivity contribution is -0.142. The quantitative estimate of drug-likeness (QED) is 0.189. The Hall–Kier alpha value is -5.10. The van der Waals surface area contributed by atoms with Crippen LogP contribution in [0.25, 0.3) is 11.1 Å². The van der Waals surface area contributed by atoms with Crippen molar-refractivity contribution in [3.05, 3.63) is 119 Å². The van der Waals surface area contributed by atoms with Crippen LogP contribution in [-0.2, 0) is 27.4 Å². The SMILES string of the molecule is CNC(=O)c1cccc(-c2cccc(CC(O)(C(=O)Nc3ccc(C#N)c(C(F)(F)F)c3)C3CCN(S(=O)(=O)c4cccc(F)c4)CC3)c2)c1. The Kier molecular flexibility index (Phi) is 10.4. The molecule has 3 N–H and O–H groups in total. The van der Waals surface area contributed by atoms with E-state index in [1.165, 1.54) is 25.2 Å². The molecule has 1 aliphatic rings. The zero-order valence-corrected chi connectivity index (χ0v) is 27.5. The molecular formula is C36H32F4N4O5S. The average Bonchev–Trinajstić information content (AvgIpc) is 3.11. The molecule has 0 aromatic heterocycles. The number of nitrogens with zero attached hydrogens (tertiary/aromatic N) is 2. The second-order valence-electron chi connectivity index (χ2n) is 11.9. The molecule has 4 aromatic rings. The summed E-state index contributed by atoms with van der Waals surface area (Å²) in [5, 5.41) is 26.4. The number of nitriles is 1. The van der Waals surface area contributed by atoms with E-state index in [1.807, 2.05) is 0 Å². The summed E-state index contributed by atoms with van der Waals surface area (Å²) in [4.78, 5) is 25.9. The molecule has 0 spiro atoms. The van der Waals surface area contributed by atoms with Gasteiger partial charge in [-0.25, -0.2) is 12.8 Å². The Labute approximate surface area is 286 Å². The number of halogens is 4. The van der Waals surface area contributed by atoms with Crippen molar-refractivity contribution in [3.63, 3.8) is 0 Å². The number of sulfonamides is 1. The molecule has 14 heteroatoms. The fourth-order valence-electron chi connectivity index (χ4n) is 6.11. The van der Waals surface area contributed by atoms with E-state index in [1.54, 1.807) is 48.5 Å². The van der Waals surface area contributed by atoms with Crippen LogP contribution in [0.4, 0.5) is 23.2 Å². The van der Waals surface area contributed by atoms with Gasteiger partial charge in [-0.1, -0.05) is 42.5 Å². The van der Waals surface area contributed by atoms with Gasteiger partial charge in [0.25, 0.3) is 11.8 Å². The predicted octanol–water partition coefficient (Wildman–Crippen LogP) is 5.76. The van der Waals surface area contributed by atoms with E-state index in [-0.39, 0.29) is 48.8 Å². The van der Waals surface area contributed by atoms with Crippen LogP contribution in [0.5, 0.6) is 0 Å². The number of alkyl halides is 3. The fraction of sp³-hybridized carbons (Fsp3) is 0.250.